The van der Waals surface area contributed by atoms with Crippen LogP contribution >= 0.6 is 0 Å². The molecule has 4 aromatic rings. The summed E-state index contributed by atoms with van der Waals surface area (Å²) in [5, 5.41) is 0.206. The number of anilines is 1. The molecule has 0 saturated heterocycles. The Labute approximate surface area is 205 Å². The molecule has 0 radical (unpaired) electrons. The van der Waals surface area contributed by atoms with Crippen molar-refractivity contribution in [2.75, 3.05) is 12.3 Å². The molecule has 5 nitrogen and oxygen atoms in total. The molecule has 0 aliphatic carbocycles. The standard InChI is InChI=1S/C30H31NO4/c31-26-21-35-27-15-10-14-25(28(27)30(26)33)29(32)23-16-18-24(19-17-23)34-20-9-4-2-1-3-6-11-22-12-7-5-8-13-22/h5,7-8,10,12-19,21H,1-4,6,9,11,20,31H2. The molecule has 5 heteroatoms. The van der Waals surface area contributed by atoms with Crippen molar-refractivity contribution in [3.8, 4) is 5.75 Å². The molecule has 1 heterocycles. The second kappa shape index (κ2) is 12.0. The Hall–Kier alpha value is -3.86. The number of nitrogens with two attached hydrogens (primary N) is 1. The molecule has 0 spiro atoms. The number of ether oxygens (including phenoxy) is 1. The lowest BCUT2D eigenvalue weighted by molar-refractivity contribution is 0.104. The van der Waals surface area contributed by atoms with Crippen molar-refractivity contribution < 1.29 is 13.9 Å². The van der Waals surface area contributed by atoms with Crippen molar-refractivity contribution in [3.63, 3.8) is 0 Å². The first-order chi connectivity index (χ1) is 17.1. The van der Waals surface area contributed by atoms with Crippen molar-refractivity contribution in [2.45, 2.75) is 44.9 Å². The van der Waals surface area contributed by atoms with Gasteiger partial charge >= 0.3 is 0 Å². The summed E-state index contributed by atoms with van der Waals surface area (Å²) < 4.78 is 11.2. The van der Waals surface area contributed by atoms with E-state index in [2.05, 4.69) is 30.3 Å². The zero-order chi connectivity index (χ0) is 24.5. The highest BCUT2D eigenvalue weighted by molar-refractivity contribution is 6.16. The summed E-state index contributed by atoms with van der Waals surface area (Å²) in [6, 6.07) is 22.6. The Morgan fingerprint density at radius 2 is 1.51 bits per heavy atom. The Morgan fingerprint density at radius 3 is 2.29 bits per heavy atom. The largest absolute Gasteiger partial charge is 0.494 e. The van der Waals surface area contributed by atoms with Crippen LogP contribution in [0.15, 0.2) is 88.3 Å². The van der Waals surface area contributed by atoms with Gasteiger partial charge in [0, 0.05) is 11.1 Å². The number of hydrogen-bond donors (Lipinski definition) is 1. The molecule has 0 unspecified atom stereocenters. The average Bonchev–Trinajstić information content (AvgIpc) is 2.90. The first kappa shape index (κ1) is 24.3. The van der Waals surface area contributed by atoms with Gasteiger partial charge in [-0.2, -0.15) is 0 Å². The van der Waals surface area contributed by atoms with Crippen LogP contribution in [-0.4, -0.2) is 12.4 Å². The van der Waals surface area contributed by atoms with Gasteiger partial charge in [-0.3, -0.25) is 9.59 Å². The Balaban J connectivity index is 1.20. The fourth-order valence-electron chi connectivity index (χ4n) is 4.21. The normalized spacial score (nSPS) is 11.0. The van der Waals surface area contributed by atoms with E-state index in [-0.39, 0.29) is 22.4 Å². The van der Waals surface area contributed by atoms with Crippen LogP contribution < -0.4 is 15.9 Å². The Kier molecular flexibility index (Phi) is 8.34. The summed E-state index contributed by atoms with van der Waals surface area (Å²) in [7, 11) is 0. The number of fused-ring (bicyclic) bond motifs is 1. The predicted molar refractivity (Wildman–Crippen MR) is 140 cm³/mol. The maximum absolute atomic E-state index is 13.1. The average molecular weight is 470 g/mol. The molecule has 0 bridgehead atoms. The van der Waals surface area contributed by atoms with Gasteiger partial charge < -0.3 is 14.9 Å². The van der Waals surface area contributed by atoms with Gasteiger partial charge in [0.2, 0.25) is 5.43 Å². The second-order valence-electron chi connectivity index (χ2n) is 8.76. The van der Waals surface area contributed by atoms with E-state index in [9.17, 15) is 9.59 Å². The molecule has 0 aliphatic rings. The number of unbranched alkanes of at least 4 members (excludes halogenated alkanes) is 5. The molecule has 1 aromatic heterocycles. The Bertz CT molecular complexity index is 1310. The van der Waals surface area contributed by atoms with E-state index in [1.54, 1.807) is 42.5 Å². The predicted octanol–water partition coefficient (Wildman–Crippen LogP) is 6.57. The van der Waals surface area contributed by atoms with Crippen LogP contribution in [0.25, 0.3) is 11.0 Å². The molecule has 0 amide bonds. The Morgan fingerprint density at radius 1 is 0.800 bits per heavy atom. The minimum Gasteiger partial charge on any atom is -0.494 e. The third kappa shape index (κ3) is 6.38. The number of ketones is 1. The van der Waals surface area contributed by atoms with Crippen LogP contribution in [0.4, 0.5) is 5.69 Å². The molecule has 2 N–H and O–H groups in total. The number of carbonyl (C=O) groups is 1. The SMILES string of the molecule is Nc1coc2cccc(C(=O)c3ccc(OCCCCCCCCc4ccccc4)cc3)c2c1=O. The van der Waals surface area contributed by atoms with Gasteiger partial charge in [-0.15, -0.1) is 0 Å². The summed E-state index contributed by atoms with van der Waals surface area (Å²) in [5.41, 5.74) is 7.79. The molecule has 0 fully saturated rings. The number of carbonyl (C=O) groups excluding carboxylic acids is 1. The lowest BCUT2D eigenvalue weighted by Gasteiger charge is -2.08. The van der Waals surface area contributed by atoms with Crippen molar-refractivity contribution in [1.29, 1.82) is 0 Å². The third-order valence-electron chi connectivity index (χ3n) is 6.16. The number of nitrogen functional groups attached to an aromatic ring is 1. The van der Waals surface area contributed by atoms with Crippen LogP contribution in [0.3, 0.4) is 0 Å². The number of hydrogen-bond acceptors (Lipinski definition) is 5. The van der Waals surface area contributed by atoms with Crippen molar-refractivity contribution in [1.82, 2.24) is 0 Å². The lowest BCUT2D eigenvalue weighted by atomic mass is 9.99. The molecule has 0 saturated carbocycles. The van der Waals surface area contributed by atoms with Crippen LogP contribution in [0.1, 0.15) is 60.0 Å². The van der Waals surface area contributed by atoms with Crippen LogP contribution in [0, 0.1) is 0 Å². The summed E-state index contributed by atoms with van der Waals surface area (Å²) in [5.74, 6) is 0.471. The number of rotatable bonds is 12. The van der Waals surface area contributed by atoms with E-state index in [1.807, 2.05) is 0 Å². The lowest BCUT2D eigenvalue weighted by Crippen LogP contribution is -2.12. The van der Waals surface area contributed by atoms with Gasteiger partial charge in [0.25, 0.3) is 0 Å². The third-order valence-corrected chi connectivity index (χ3v) is 6.16. The maximum atomic E-state index is 13.1. The van der Waals surface area contributed by atoms with E-state index in [4.69, 9.17) is 14.9 Å². The molecule has 3 aromatic carbocycles. The molecule has 35 heavy (non-hydrogen) atoms. The molecule has 180 valence electrons. The van der Waals surface area contributed by atoms with Gasteiger partial charge in [-0.25, -0.2) is 0 Å². The fourth-order valence-corrected chi connectivity index (χ4v) is 4.21. The molecular weight excluding hydrogens is 438 g/mol. The van der Waals surface area contributed by atoms with Gasteiger partial charge in [0.1, 0.15) is 23.3 Å². The highest BCUT2D eigenvalue weighted by Crippen LogP contribution is 2.22. The highest BCUT2D eigenvalue weighted by atomic mass is 16.5. The first-order valence-electron chi connectivity index (χ1n) is 12.2. The number of aryl methyl sites for hydroxylation is 1. The molecule has 0 aliphatic heterocycles. The van der Waals surface area contributed by atoms with E-state index in [0.29, 0.717) is 17.8 Å². The summed E-state index contributed by atoms with van der Waals surface area (Å²) in [6.45, 7) is 0.654. The van der Waals surface area contributed by atoms with Crippen LogP contribution in [0.2, 0.25) is 0 Å². The van der Waals surface area contributed by atoms with Crippen molar-refractivity contribution in [2.24, 2.45) is 0 Å². The second-order valence-corrected chi connectivity index (χ2v) is 8.76. The van der Waals surface area contributed by atoms with Gasteiger partial charge in [-0.1, -0.05) is 68.1 Å². The van der Waals surface area contributed by atoms with E-state index < -0.39 is 5.43 Å². The minimum absolute atomic E-state index is 0.0197. The summed E-state index contributed by atoms with van der Waals surface area (Å²) in [6.07, 6.45) is 9.48. The molecule has 4 rings (SSSR count). The van der Waals surface area contributed by atoms with E-state index >= 15 is 0 Å². The zero-order valence-corrected chi connectivity index (χ0v) is 19.9. The van der Waals surface area contributed by atoms with Crippen LogP contribution in [-0.2, 0) is 6.42 Å². The summed E-state index contributed by atoms with van der Waals surface area (Å²) in [4.78, 5) is 25.5. The highest BCUT2D eigenvalue weighted by Gasteiger charge is 2.17. The zero-order valence-electron chi connectivity index (χ0n) is 19.9. The van der Waals surface area contributed by atoms with E-state index in [0.717, 1.165) is 25.0 Å². The maximum Gasteiger partial charge on any atom is 0.216 e. The quantitative estimate of drug-likeness (QED) is 0.187. The number of benzene rings is 3. The minimum atomic E-state index is -0.397. The van der Waals surface area contributed by atoms with Crippen LogP contribution in [0.5, 0.6) is 5.75 Å². The molecule has 0 atom stereocenters. The molecular formula is C30H31NO4. The van der Waals surface area contributed by atoms with Gasteiger partial charge in [0.05, 0.1) is 12.0 Å². The van der Waals surface area contributed by atoms with Gasteiger partial charge in [-0.05, 0) is 55.2 Å². The van der Waals surface area contributed by atoms with Gasteiger partial charge in [0.15, 0.2) is 5.78 Å². The van der Waals surface area contributed by atoms with Crippen molar-refractivity contribution in [3.05, 3.63) is 106 Å². The van der Waals surface area contributed by atoms with Crippen molar-refractivity contribution >= 4 is 22.4 Å². The van der Waals surface area contributed by atoms with E-state index in [1.165, 1.54) is 37.5 Å². The summed E-state index contributed by atoms with van der Waals surface area (Å²) >= 11 is 0. The smallest absolute Gasteiger partial charge is 0.216 e. The fraction of sp³-hybridized carbons (Fsp3) is 0.267. The topological polar surface area (TPSA) is 82.5 Å². The first-order valence-corrected chi connectivity index (χ1v) is 12.2. The monoisotopic (exact) mass is 469 g/mol.